The van der Waals surface area contributed by atoms with E-state index in [4.69, 9.17) is 0 Å². The maximum Gasteiger partial charge on any atom is 0.221 e. The summed E-state index contributed by atoms with van der Waals surface area (Å²) in [6.45, 7) is 3.01. The fourth-order valence-corrected chi connectivity index (χ4v) is 2.51. The first kappa shape index (κ1) is 15.8. The Morgan fingerprint density at radius 2 is 1.92 bits per heavy atom. The molecule has 0 unspecified atom stereocenters. The van der Waals surface area contributed by atoms with E-state index >= 15 is 0 Å². The lowest BCUT2D eigenvalue weighted by Gasteiger charge is -2.13. The van der Waals surface area contributed by atoms with Crippen LogP contribution in [0.15, 0.2) is 67.3 Å². The van der Waals surface area contributed by atoms with Crippen molar-refractivity contribution in [2.45, 2.75) is 20.0 Å². The summed E-state index contributed by atoms with van der Waals surface area (Å²) in [6, 6.07) is 16.1. The lowest BCUT2D eigenvalue weighted by molar-refractivity contribution is -0.114. The number of hydrogen-bond donors (Lipinski definition) is 2. The molecule has 2 aromatic carbocycles. The van der Waals surface area contributed by atoms with Crippen molar-refractivity contribution in [2.24, 2.45) is 0 Å². The molecule has 24 heavy (non-hydrogen) atoms. The fraction of sp³-hybridized carbons (Fsp3) is 0.158. The van der Waals surface area contributed by atoms with E-state index in [9.17, 15) is 4.79 Å². The second-order valence-corrected chi connectivity index (χ2v) is 5.62. The van der Waals surface area contributed by atoms with Crippen LogP contribution >= 0.6 is 0 Å². The van der Waals surface area contributed by atoms with Crippen molar-refractivity contribution in [1.29, 1.82) is 0 Å². The van der Waals surface area contributed by atoms with Crippen molar-refractivity contribution >= 4 is 17.3 Å². The van der Waals surface area contributed by atoms with Gasteiger partial charge in [-0.25, -0.2) is 4.98 Å². The second-order valence-electron chi connectivity index (χ2n) is 5.62. The highest BCUT2D eigenvalue weighted by atomic mass is 16.1. The highest BCUT2D eigenvalue weighted by molar-refractivity contribution is 5.88. The van der Waals surface area contributed by atoms with Crippen LogP contribution in [0.1, 0.15) is 18.1 Å². The Bertz CT molecular complexity index is 794. The molecule has 3 rings (SSSR count). The highest BCUT2D eigenvalue weighted by Gasteiger charge is 2.03. The molecule has 0 radical (unpaired) electrons. The van der Waals surface area contributed by atoms with Gasteiger partial charge in [-0.05, 0) is 29.3 Å². The van der Waals surface area contributed by atoms with Gasteiger partial charge in [0.2, 0.25) is 5.91 Å². The summed E-state index contributed by atoms with van der Waals surface area (Å²) in [5.41, 5.74) is 4.29. The minimum absolute atomic E-state index is 0.0608. The predicted molar refractivity (Wildman–Crippen MR) is 95.8 cm³/mol. The number of anilines is 2. The lowest BCUT2D eigenvalue weighted by atomic mass is 10.1. The second kappa shape index (κ2) is 7.46. The molecule has 0 bridgehead atoms. The molecule has 5 nitrogen and oxygen atoms in total. The molecule has 122 valence electrons. The normalized spacial score (nSPS) is 10.4. The summed E-state index contributed by atoms with van der Waals surface area (Å²) in [5.74, 6) is -0.0608. The van der Waals surface area contributed by atoms with Crippen molar-refractivity contribution in [3.8, 4) is 0 Å². The maximum absolute atomic E-state index is 11.0. The monoisotopic (exact) mass is 320 g/mol. The van der Waals surface area contributed by atoms with Crippen molar-refractivity contribution in [1.82, 2.24) is 9.55 Å². The van der Waals surface area contributed by atoms with Crippen molar-refractivity contribution < 1.29 is 4.79 Å². The third-order valence-electron chi connectivity index (χ3n) is 3.69. The largest absolute Gasteiger partial charge is 0.381 e. The standard InChI is InChI=1S/C19H20N4O/c1-15(24)22-18-8-6-16(7-9-18)12-21-19-5-3-2-4-17(19)13-23-11-10-20-14-23/h2-11,14,21H,12-13H2,1H3,(H,22,24). The van der Waals surface area contributed by atoms with Crippen LogP contribution in [0.5, 0.6) is 0 Å². The van der Waals surface area contributed by atoms with Gasteiger partial charge >= 0.3 is 0 Å². The average molecular weight is 320 g/mol. The number of nitrogens with zero attached hydrogens (tertiary/aromatic N) is 2. The van der Waals surface area contributed by atoms with E-state index in [1.54, 1.807) is 6.20 Å². The molecule has 0 saturated heterocycles. The first-order valence-corrected chi connectivity index (χ1v) is 7.85. The molecule has 5 heteroatoms. The first-order chi connectivity index (χ1) is 11.7. The summed E-state index contributed by atoms with van der Waals surface area (Å²) in [7, 11) is 0. The molecular formula is C19H20N4O. The summed E-state index contributed by atoms with van der Waals surface area (Å²) >= 11 is 0. The molecule has 1 aromatic heterocycles. The minimum Gasteiger partial charge on any atom is -0.381 e. The Balaban J connectivity index is 1.65. The third kappa shape index (κ3) is 4.23. The predicted octanol–water partition coefficient (Wildman–Crippen LogP) is 3.50. The number of hydrogen-bond acceptors (Lipinski definition) is 3. The molecule has 0 aliphatic carbocycles. The van der Waals surface area contributed by atoms with E-state index in [0.29, 0.717) is 0 Å². The van der Waals surface area contributed by atoms with Crippen LogP contribution < -0.4 is 10.6 Å². The molecular weight excluding hydrogens is 300 g/mol. The van der Waals surface area contributed by atoms with Crippen LogP contribution in [-0.2, 0) is 17.9 Å². The fourth-order valence-electron chi connectivity index (χ4n) is 2.51. The molecule has 3 aromatic rings. The number of imidazole rings is 1. The van der Waals surface area contributed by atoms with Gasteiger partial charge in [0, 0.05) is 37.2 Å². The number of carbonyl (C=O) groups excluding carboxylic acids is 1. The Labute approximate surface area is 141 Å². The van der Waals surface area contributed by atoms with Gasteiger partial charge in [-0.15, -0.1) is 0 Å². The van der Waals surface area contributed by atoms with Gasteiger partial charge in [-0.3, -0.25) is 4.79 Å². The molecule has 0 saturated carbocycles. The molecule has 0 fully saturated rings. The molecule has 0 aliphatic heterocycles. The summed E-state index contributed by atoms with van der Waals surface area (Å²) in [5, 5.41) is 6.25. The van der Waals surface area contributed by atoms with Gasteiger partial charge in [-0.1, -0.05) is 30.3 Å². The maximum atomic E-state index is 11.0. The number of amides is 1. The van der Waals surface area contributed by atoms with E-state index in [-0.39, 0.29) is 5.91 Å². The zero-order valence-corrected chi connectivity index (χ0v) is 13.6. The van der Waals surface area contributed by atoms with Gasteiger partial charge < -0.3 is 15.2 Å². The van der Waals surface area contributed by atoms with Crippen LogP contribution in [0.4, 0.5) is 11.4 Å². The number of rotatable bonds is 6. The van der Waals surface area contributed by atoms with Gasteiger partial charge in [0.25, 0.3) is 0 Å². The molecule has 1 amide bonds. The van der Waals surface area contributed by atoms with E-state index in [2.05, 4.69) is 27.8 Å². The summed E-state index contributed by atoms with van der Waals surface area (Å²) in [6.07, 6.45) is 5.56. The third-order valence-corrected chi connectivity index (χ3v) is 3.69. The minimum atomic E-state index is -0.0608. The smallest absolute Gasteiger partial charge is 0.221 e. The van der Waals surface area contributed by atoms with E-state index < -0.39 is 0 Å². The number of benzene rings is 2. The van der Waals surface area contributed by atoms with Crippen molar-refractivity contribution in [3.63, 3.8) is 0 Å². The van der Waals surface area contributed by atoms with Crippen LogP contribution in [-0.4, -0.2) is 15.5 Å². The van der Waals surface area contributed by atoms with Crippen LogP contribution in [0.2, 0.25) is 0 Å². The quantitative estimate of drug-likeness (QED) is 0.731. The van der Waals surface area contributed by atoms with Crippen LogP contribution in [0.3, 0.4) is 0 Å². The van der Waals surface area contributed by atoms with E-state index in [1.165, 1.54) is 12.5 Å². The number of nitrogens with one attached hydrogen (secondary N) is 2. The summed E-state index contributed by atoms with van der Waals surface area (Å²) in [4.78, 5) is 15.1. The van der Waals surface area contributed by atoms with Gasteiger partial charge in [0.1, 0.15) is 0 Å². The first-order valence-electron chi connectivity index (χ1n) is 7.85. The van der Waals surface area contributed by atoms with Crippen molar-refractivity contribution in [2.75, 3.05) is 10.6 Å². The Hall–Kier alpha value is -3.08. The molecule has 2 N–H and O–H groups in total. The average Bonchev–Trinajstić information content (AvgIpc) is 3.08. The SMILES string of the molecule is CC(=O)Nc1ccc(CNc2ccccc2Cn2ccnc2)cc1. The Morgan fingerprint density at radius 1 is 1.12 bits per heavy atom. The molecule has 0 atom stereocenters. The summed E-state index contributed by atoms with van der Waals surface area (Å²) < 4.78 is 2.04. The van der Waals surface area contributed by atoms with E-state index in [1.807, 2.05) is 53.5 Å². The van der Waals surface area contributed by atoms with Gasteiger partial charge in [-0.2, -0.15) is 0 Å². The topological polar surface area (TPSA) is 59.0 Å². The number of para-hydroxylation sites is 1. The number of aromatic nitrogens is 2. The van der Waals surface area contributed by atoms with Gasteiger partial charge in [0.05, 0.1) is 12.9 Å². The molecule has 0 spiro atoms. The molecule has 0 aliphatic rings. The number of carbonyl (C=O) groups is 1. The van der Waals surface area contributed by atoms with Crippen LogP contribution in [0, 0.1) is 0 Å². The van der Waals surface area contributed by atoms with Gasteiger partial charge in [0.15, 0.2) is 0 Å². The van der Waals surface area contributed by atoms with E-state index in [0.717, 1.165) is 30.0 Å². The Morgan fingerprint density at radius 3 is 2.62 bits per heavy atom. The zero-order valence-electron chi connectivity index (χ0n) is 13.6. The molecule has 1 heterocycles. The zero-order chi connectivity index (χ0) is 16.8. The van der Waals surface area contributed by atoms with Crippen molar-refractivity contribution in [3.05, 3.63) is 78.4 Å². The highest BCUT2D eigenvalue weighted by Crippen LogP contribution is 2.18. The lowest BCUT2D eigenvalue weighted by Crippen LogP contribution is -2.07. The van der Waals surface area contributed by atoms with Crippen LogP contribution in [0.25, 0.3) is 0 Å². The Kier molecular flexibility index (Phi) is 4.91.